The third-order valence-electron chi connectivity index (χ3n) is 4.94. The molecule has 146 valence electrons. The fourth-order valence-electron chi connectivity index (χ4n) is 3.32. The van der Waals surface area contributed by atoms with Crippen molar-refractivity contribution < 1.29 is 27.8 Å². The zero-order valence-corrected chi connectivity index (χ0v) is 15.6. The van der Waals surface area contributed by atoms with Crippen LogP contribution >= 0.6 is 0 Å². The van der Waals surface area contributed by atoms with Crippen LogP contribution < -0.4 is 0 Å². The van der Waals surface area contributed by atoms with Crippen molar-refractivity contribution in [3.63, 3.8) is 0 Å². The van der Waals surface area contributed by atoms with Gasteiger partial charge in [0.15, 0.2) is 0 Å². The molecule has 2 aromatic carbocycles. The van der Waals surface area contributed by atoms with E-state index in [0.29, 0.717) is 29.5 Å². The van der Waals surface area contributed by atoms with E-state index in [1.165, 1.54) is 13.2 Å². The van der Waals surface area contributed by atoms with Gasteiger partial charge in [-0.05, 0) is 43.0 Å². The van der Waals surface area contributed by atoms with Crippen molar-refractivity contribution >= 4 is 17.5 Å². The van der Waals surface area contributed by atoms with Crippen molar-refractivity contribution in [2.24, 2.45) is 0 Å². The summed E-state index contributed by atoms with van der Waals surface area (Å²) in [5, 5.41) is 0. The van der Waals surface area contributed by atoms with Crippen LogP contribution in [-0.4, -0.2) is 19.0 Å². The molecular weight excluding hydrogens is 366 g/mol. The first-order valence-corrected chi connectivity index (χ1v) is 8.89. The number of ether oxygens (including phenoxy) is 2. The third kappa shape index (κ3) is 3.54. The minimum atomic E-state index is -1.28. The molecular formula is C22H20F2O4. The maximum Gasteiger partial charge on any atom is 0.338 e. The maximum atomic E-state index is 14.1. The molecule has 0 amide bonds. The van der Waals surface area contributed by atoms with Crippen LogP contribution in [0, 0.1) is 11.6 Å². The topological polar surface area (TPSA) is 52.6 Å². The molecule has 0 bridgehead atoms. The summed E-state index contributed by atoms with van der Waals surface area (Å²) in [7, 11) is 1.29. The number of hydrogen-bond donors (Lipinski definition) is 0. The smallest absolute Gasteiger partial charge is 0.338 e. The fourth-order valence-corrected chi connectivity index (χ4v) is 3.32. The quantitative estimate of drug-likeness (QED) is 0.548. The second kappa shape index (κ2) is 7.92. The van der Waals surface area contributed by atoms with Gasteiger partial charge >= 0.3 is 11.9 Å². The first-order valence-electron chi connectivity index (χ1n) is 8.89. The molecule has 1 fully saturated rings. The van der Waals surface area contributed by atoms with Gasteiger partial charge in [-0.15, -0.1) is 0 Å². The summed E-state index contributed by atoms with van der Waals surface area (Å²) in [6.07, 6.45) is 2.27. The normalized spacial score (nSPS) is 15.1. The molecule has 0 saturated heterocycles. The van der Waals surface area contributed by atoms with E-state index in [-0.39, 0.29) is 12.2 Å². The molecule has 0 unspecified atom stereocenters. The van der Waals surface area contributed by atoms with Gasteiger partial charge < -0.3 is 9.47 Å². The van der Waals surface area contributed by atoms with Crippen LogP contribution in [0.5, 0.6) is 0 Å². The summed E-state index contributed by atoms with van der Waals surface area (Å²) in [5.74, 6) is -2.69. The Morgan fingerprint density at radius 3 is 2.29 bits per heavy atom. The lowest BCUT2D eigenvalue weighted by Gasteiger charge is -2.17. The van der Waals surface area contributed by atoms with E-state index in [4.69, 9.17) is 9.47 Å². The lowest BCUT2D eigenvalue weighted by Crippen LogP contribution is -2.26. The number of benzene rings is 2. The van der Waals surface area contributed by atoms with Crippen molar-refractivity contribution in [1.82, 2.24) is 0 Å². The van der Waals surface area contributed by atoms with Crippen LogP contribution in [0.25, 0.3) is 5.57 Å². The Kier molecular flexibility index (Phi) is 5.58. The van der Waals surface area contributed by atoms with E-state index in [2.05, 4.69) is 0 Å². The number of halogens is 2. The van der Waals surface area contributed by atoms with E-state index < -0.39 is 29.0 Å². The highest BCUT2D eigenvalue weighted by Crippen LogP contribution is 2.51. The maximum absolute atomic E-state index is 14.1. The molecule has 0 radical (unpaired) electrons. The summed E-state index contributed by atoms with van der Waals surface area (Å²) in [5.41, 5.74) is -0.00554. The summed E-state index contributed by atoms with van der Waals surface area (Å²) < 4.78 is 38.5. The number of hydrogen-bond acceptors (Lipinski definition) is 4. The van der Waals surface area contributed by atoms with Crippen molar-refractivity contribution in [3.05, 3.63) is 76.9 Å². The van der Waals surface area contributed by atoms with Crippen LogP contribution in [-0.2, 0) is 31.1 Å². The lowest BCUT2D eigenvalue weighted by atomic mass is 9.94. The van der Waals surface area contributed by atoms with Crippen LogP contribution in [0.2, 0.25) is 0 Å². The molecule has 0 aliphatic heterocycles. The molecule has 28 heavy (non-hydrogen) atoms. The zero-order chi connectivity index (χ0) is 20.3. The highest BCUT2D eigenvalue weighted by molar-refractivity contribution is 6.16. The highest BCUT2D eigenvalue weighted by atomic mass is 19.1. The van der Waals surface area contributed by atoms with Crippen LogP contribution in [0.15, 0.2) is 48.5 Å². The van der Waals surface area contributed by atoms with Crippen molar-refractivity contribution in [2.45, 2.75) is 31.8 Å². The predicted molar refractivity (Wildman–Crippen MR) is 99.2 cm³/mol. The standard InChI is InChI=1S/C22H20F2O4/c1-3-15(20(25)27-2)16-8-5-4-7-14(16)13-28-21(26)22(11-12-22)19-17(23)9-6-10-18(19)24/h3-10H,11-13H2,1-2H3. The highest BCUT2D eigenvalue weighted by Gasteiger charge is 2.55. The van der Waals surface area contributed by atoms with Gasteiger partial charge in [-0.1, -0.05) is 36.4 Å². The Morgan fingerprint density at radius 1 is 1.07 bits per heavy atom. The Balaban J connectivity index is 1.82. The first kappa shape index (κ1) is 19.7. The van der Waals surface area contributed by atoms with Gasteiger partial charge in [-0.3, -0.25) is 4.79 Å². The number of methoxy groups -OCH3 is 1. The van der Waals surface area contributed by atoms with Gasteiger partial charge in [0.25, 0.3) is 0 Å². The summed E-state index contributed by atoms with van der Waals surface area (Å²) >= 11 is 0. The average molecular weight is 386 g/mol. The molecule has 1 aliphatic rings. The van der Waals surface area contributed by atoms with Crippen molar-refractivity contribution in [3.8, 4) is 0 Å². The Bertz CT molecular complexity index is 925. The van der Waals surface area contributed by atoms with E-state index in [1.54, 1.807) is 37.3 Å². The molecule has 4 nitrogen and oxygen atoms in total. The van der Waals surface area contributed by atoms with E-state index in [9.17, 15) is 18.4 Å². The molecule has 1 saturated carbocycles. The fraction of sp³-hybridized carbons (Fsp3) is 0.273. The van der Waals surface area contributed by atoms with Gasteiger partial charge in [0.2, 0.25) is 0 Å². The zero-order valence-electron chi connectivity index (χ0n) is 15.6. The monoisotopic (exact) mass is 386 g/mol. The molecule has 2 aromatic rings. The number of rotatable bonds is 6. The molecule has 3 rings (SSSR count). The molecule has 6 heteroatoms. The molecule has 0 atom stereocenters. The number of esters is 2. The molecule has 0 aromatic heterocycles. The molecule has 1 aliphatic carbocycles. The number of carbonyl (C=O) groups is 2. The van der Waals surface area contributed by atoms with Gasteiger partial charge in [0.1, 0.15) is 18.2 Å². The SMILES string of the molecule is CC=C(C(=O)OC)c1ccccc1COC(=O)C1(c2c(F)cccc2F)CC1. The van der Waals surface area contributed by atoms with Crippen molar-refractivity contribution in [1.29, 1.82) is 0 Å². The van der Waals surface area contributed by atoms with Crippen molar-refractivity contribution in [2.75, 3.05) is 7.11 Å². The van der Waals surface area contributed by atoms with Gasteiger partial charge in [0, 0.05) is 5.56 Å². The Labute approximate surface area is 161 Å². The summed E-state index contributed by atoms with van der Waals surface area (Å²) in [4.78, 5) is 24.7. The number of allylic oxidation sites excluding steroid dienone is 1. The lowest BCUT2D eigenvalue weighted by molar-refractivity contribution is -0.148. The second-order valence-electron chi connectivity index (χ2n) is 6.61. The number of carbonyl (C=O) groups excluding carboxylic acids is 2. The third-order valence-corrected chi connectivity index (χ3v) is 4.94. The van der Waals surface area contributed by atoms with E-state index in [0.717, 1.165) is 12.1 Å². The van der Waals surface area contributed by atoms with E-state index >= 15 is 0 Å². The van der Waals surface area contributed by atoms with E-state index in [1.807, 2.05) is 0 Å². The summed E-state index contributed by atoms with van der Waals surface area (Å²) in [6, 6.07) is 10.5. The van der Waals surface area contributed by atoms with Gasteiger partial charge in [-0.2, -0.15) is 0 Å². The average Bonchev–Trinajstić information content (AvgIpc) is 3.49. The molecule has 0 N–H and O–H groups in total. The molecule has 0 heterocycles. The first-order chi connectivity index (χ1) is 13.4. The Hall–Kier alpha value is -3.02. The minimum absolute atomic E-state index is 0.124. The molecule has 0 spiro atoms. The summed E-state index contributed by atoms with van der Waals surface area (Å²) in [6.45, 7) is 1.58. The largest absolute Gasteiger partial charge is 0.465 e. The predicted octanol–water partition coefficient (Wildman–Crippen LogP) is 4.32. The van der Waals surface area contributed by atoms with Gasteiger partial charge in [0.05, 0.1) is 18.1 Å². The van der Waals surface area contributed by atoms with Crippen LogP contribution in [0.3, 0.4) is 0 Å². The van der Waals surface area contributed by atoms with Crippen LogP contribution in [0.1, 0.15) is 36.5 Å². The van der Waals surface area contributed by atoms with Crippen LogP contribution in [0.4, 0.5) is 8.78 Å². The van der Waals surface area contributed by atoms with Gasteiger partial charge in [-0.25, -0.2) is 13.6 Å². The minimum Gasteiger partial charge on any atom is -0.465 e. The Morgan fingerprint density at radius 2 is 1.71 bits per heavy atom. The second-order valence-corrected chi connectivity index (χ2v) is 6.61.